The Morgan fingerprint density at radius 2 is 1.85 bits per heavy atom. The van der Waals surface area contributed by atoms with Gasteiger partial charge in [0.25, 0.3) is 0 Å². The van der Waals surface area contributed by atoms with Crippen LogP contribution in [0.4, 0.5) is 15.8 Å². The van der Waals surface area contributed by atoms with E-state index in [9.17, 15) is 9.60 Å². The Labute approximate surface area is 203 Å². The fourth-order valence-corrected chi connectivity index (χ4v) is 3.97. The molecule has 3 aromatic rings. The molecule has 1 unspecified atom stereocenters. The molecule has 1 heterocycles. The summed E-state index contributed by atoms with van der Waals surface area (Å²) in [6.45, 7) is 1.44. The molecule has 9 heteroatoms. The van der Waals surface area contributed by atoms with E-state index in [1.54, 1.807) is 19.2 Å². The quantitative estimate of drug-likeness (QED) is 0.254. The van der Waals surface area contributed by atoms with Gasteiger partial charge in [0, 0.05) is 25.2 Å². The molecule has 0 bridgehead atoms. The monoisotopic (exact) mass is 482 g/mol. The SMILES string of the molecule is CC=O.COc1ccc(C2CC(c3ccc(NSN(O)c4cccc(F)c4)cc3)=NN2C)cc1. The number of hydrogen-bond acceptors (Lipinski definition) is 8. The van der Waals surface area contributed by atoms with Crippen molar-refractivity contribution < 1.29 is 19.1 Å². The molecule has 1 atom stereocenters. The van der Waals surface area contributed by atoms with Crippen LogP contribution in [0.3, 0.4) is 0 Å². The van der Waals surface area contributed by atoms with Crippen molar-refractivity contribution in [2.75, 3.05) is 23.3 Å². The van der Waals surface area contributed by atoms with Crippen molar-refractivity contribution in [1.82, 2.24) is 5.01 Å². The van der Waals surface area contributed by atoms with Gasteiger partial charge in [-0.2, -0.15) is 9.57 Å². The average molecular weight is 483 g/mol. The van der Waals surface area contributed by atoms with Crippen molar-refractivity contribution >= 4 is 35.5 Å². The standard InChI is InChI=1S/C23H23FN4O2S.C2H4O/c1-27-23(17-8-12-21(30-2)13-9-17)15-22(25-27)16-6-10-19(11-7-16)26-31-28(29)20-5-3-4-18(24)14-20;1-2-3/h3-14,23,26,29H,15H2,1-2H3;2H,1H3. The van der Waals surface area contributed by atoms with E-state index in [-0.39, 0.29) is 6.04 Å². The molecule has 4 rings (SSSR count). The summed E-state index contributed by atoms with van der Waals surface area (Å²) in [4.78, 5) is 8.81. The highest BCUT2D eigenvalue weighted by atomic mass is 32.2. The smallest absolute Gasteiger partial charge is 0.125 e. The number of hydrogen-bond donors (Lipinski definition) is 2. The minimum atomic E-state index is -0.406. The molecule has 2 N–H and O–H groups in total. The highest BCUT2D eigenvalue weighted by molar-refractivity contribution is 8.01. The number of nitrogens with zero attached hydrogens (tertiary/aromatic N) is 3. The lowest BCUT2D eigenvalue weighted by Crippen LogP contribution is -2.13. The predicted octanol–water partition coefficient (Wildman–Crippen LogP) is 5.69. The third-order valence-corrected chi connectivity index (χ3v) is 5.82. The Balaban J connectivity index is 0.00000103. The van der Waals surface area contributed by atoms with Gasteiger partial charge < -0.3 is 14.3 Å². The highest BCUT2D eigenvalue weighted by Gasteiger charge is 2.26. The van der Waals surface area contributed by atoms with Crippen LogP contribution in [0.5, 0.6) is 5.75 Å². The summed E-state index contributed by atoms with van der Waals surface area (Å²) >= 11 is 0.954. The van der Waals surface area contributed by atoms with E-state index in [4.69, 9.17) is 14.6 Å². The molecule has 3 aromatic carbocycles. The van der Waals surface area contributed by atoms with Gasteiger partial charge in [0.05, 0.1) is 36.7 Å². The molecule has 0 radical (unpaired) electrons. The third kappa shape index (κ3) is 6.49. The van der Waals surface area contributed by atoms with Crippen molar-refractivity contribution in [1.29, 1.82) is 0 Å². The van der Waals surface area contributed by atoms with E-state index < -0.39 is 5.82 Å². The lowest BCUT2D eigenvalue weighted by Gasteiger charge is -2.19. The van der Waals surface area contributed by atoms with Crippen molar-refractivity contribution in [2.24, 2.45) is 5.10 Å². The van der Waals surface area contributed by atoms with Crippen LogP contribution < -0.4 is 13.9 Å². The Hall–Kier alpha value is -3.56. The van der Waals surface area contributed by atoms with Gasteiger partial charge in [-0.3, -0.25) is 10.2 Å². The first-order chi connectivity index (χ1) is 16.4. The number of anilines is 2. The molecule has 1 aliphatic heterocycles. The van der Waals surface area contributed by atoms with Crippen LogP contribution in [0.25, 0.3) is 0 Å². The van der Waals surface area contributed by atoms with Gasteiger partial charge in [0.15, 0.2) is 0 Å². The Bertz CT molecular complexity index is 1110. The number of aldehydes is 1. The second-order valence-corrected chi connectivity index (χ2v) is 8.11. The van der Waals surface area contributed by atoms with Crippen LogP contribution in [-0.2, 0) is 4.79 Å². The summed E-state index contributed by atoms with van der Waals surface area (Å²) in [6.07, 6.45) is 1.56. The van der Waals surface area contributed by atoms with Crippen LogP contribution in [0, 0.1) is 5.82 Å². The van der Waals surface area contributed by atoms with E-state index in [1.165, 1.54) is 24.6 Å². The van der Waals surface area contributed by atoms with Gasteiger partial charge >= 0.3 is 0 Å². The molecule has 0 aromatic heterocycles. The van der Waals surface area contributed by atoms with Crippen LogP contribution >= 0.6 is 12.1 Å². The lowest BCUT2D eigenvalue weighted by atomic mass is 9.98. The van der Waals surface area contributed by atoms with Crippen molar-refractivity contribution in [3.8, 4) is 5.75 Å². The molecule has 1 aliphatic rings. The molecular weight excluding hydrogens is 455 g/mol. The first-order valence-electron chi connectivity index (χ1n) is 10.6. The molecule has 0 fully saturated rings. The number of methoxy groups -OCH3 is 1. The summed E-state index contributed by atoms with van der Waals surface area (Å²) in [6, 6.07) is 21.8. The number of nitrogens with one attached hydrogen (secondary N) is 1. The first-order valence-corrected chi connectivity index (χ1v) is 11.3. The fraction of sp³-hybridized carbons (Fsp3) is 0.200. The number of carbonyl (C=O) groups is 1. The van der Waals surface area contributed by atoms with Crippen LogP contribution in [0.15, 0.2) is 77.9 Å². The number of benzene rings is 3. The zero-order valence-electron chi connectivity index (χ0n) is 19.2. The van der Waals surface area contributed by atoms with Crippen molar-refractivity contribution in [2.45, 2.75) is 19.4 Å². The summed E-state index contributed by atoms with van der Waals surface area (Å²) in [5.41, 5.74) is 4.41. The molecule has 0 saturated carbocycles. The summed E-state index contributed by atoms with van der Waals surface area (Å²) in [7, 11) is 3.64. The van der Waals surface area contributed by atoms with Gasteiger partial charge in [-0.1, -0.05) is 30.3 Å². The molecule has 178 valence electrons. The first kappa shape index (κ1) is 25.1. The van der Waals surface area contributed by atoms with Crippen LogP contribution in [0.2, 0.25) is 0 Å². The number of halogens is 1. The van der Waals surface area contributed by atoms with Crippen LogP contribution in [0.1, 0.15) is 30.5 Å². The zero-order chi connectivity index (χ0) is 24.5. The highest BCUT2D eigenvalue weighted by Crippen LogP contribution is 2.32. The maximum atomic E-state index is 13.3. The molecular formula is C25H27FN4O3S. The van der Waals surface area contributed by atoms with Gasteiger partial charge in [-0.25, -0.2) is 4.39 Å². The molecule has 0 spiro atoms. The fourth-order valence-electron chi connectivity index (χ4n) is 3.43. The predicted molar refractivity (Wildman–Crippen MR) is 135 cm³/mol. The van der Waals surface area contributed by atoms with E-state index >= 15 is 0 Å². The normalized spacial score (nSPS) is 14.6. The molecule has 34 heavy (non-hydrogen) atoms. The second kappa shape index (κ2) is 12.1. The minimum absolute atomic E-state index is 0.184. The van der Waals surface area contributed by atoms with E-state index in [0.717, 1.165) is 52.0 Å². The van der Waals surface area contributed by atoms with Gasteiger partial charge in [-0.15, -0.1) is 0 Å². The third-order valence-electron chi connectivity index (χ3n) is 5.11. The Morgan fingerprint density at radius 1 is 1.18 bits per heavy atom. The number of ether oxygens (including phenoxy) is 1. The molecule has 0 amide bonds. The minimum Gasteiger partial charge on any atom is -0.497 e. The average Bonchev–Trinajstić information content (AvgIpc) is 3.25. The van der Waals surface area contributed by atoms with E-state index in [1.807, 2.05) is 48.5 Å². The molecule has 7 nitrogen and oxygen atoms in total. The maximum absolute atomic E-state index is 13.3. The maximum Gasteiger partial charge on any atom is 0.125 e. The number of carbonyl (C=O) groups excluding carboxylic acids is 1. The molecule has 0 saturated heterocycles. The number of rotatable bonds is 7. The van der Waals surface area contributed by atoms with Crippen LogP contribution in [-0.4, -0.2) is 36.4 Å². The van der Waals surface area contributed by atoms with Gasteiger partial charge in [0.1, 0.15) is 17.9 Å². The Kier molecular flexibility index (Phi) is 8.89. The van der Waals surface area contributed by atoms with E-state index in [2.05, 4.69) is 16.9 Å². The summed E-state index contributed by atoms with van der Waals surface area (Å²) in [5, 5.41) is 16.8. The Morgan fingerprint density at radius 3 is 2.47 bits per heavy atom. The topological polar surface area (TPSA) is 77.4 Å². The second-order valence-electron chi connectivity index (χ2n) is 7.37. The largest absolute Gasteiger partial charge is 0.497 e. The van der Waals surface area contributed by atoms with E-state index in [0.29, 0.717) is 5.69 Å². The molecule has 0 aliphatic carbocycles. The summed E-state index contributed by atoms with van der Waals surface area (Å²) in [5.74, 6) is 0.432. The van der Waals surface area contributed by atoms with Gasteiger partial charge in [-0.05, 0) is 54.4 Å². The lowest BCUT2D eigenvalue weighted by molar-refractivity contribution is -0.106. The van der Waals surface area contributed by atoms with Crippen molar-refractivity contribution in [3.05, 3.63) is 89.7 Å². The van der Waals surface area contributed by atoms with Crippen molar-refractivity contribution in [3.63, 3.8) is 0 Å². The zero-order valence-corrected chi connectivity index (χ0v) is 20.0. The number of hydrazone groups is 1. The van der Waals surface area contributed by atoms with Gasteiger partial charge in [0.2, 0.25) is 0 Å². The summed E-state index contributed by atoms with van der Waals surface area (Å²) < 4.78 is 22.5.